The third-order valence-corrected chi connectivity index (χ3v) is 12.9. The van der Waals surface area contributed by atoms with Crippen LogP contribution in [0, 0.1) is 0 Å². The van der Waals surface area contributed by atoms with Crippen molar-refractivity contribution in [1.82, 2.24) is 19.9 Å². The Hall–Kier alpha value is -9.20. The normalized spacial score (nSPS) is 11.6. The van der Waals surface area contributed by atoms with E-state index in [4.69, 9.17) is 0 Å². The second-order valence-electron chi connectivity index (χ2n) is 16.3. The first-order valence-electron chi connectivity index (χ1n) is 22.2. The Bertz CT molecular complexity index is 3650. The molecule has 8 aromatic carbocycles. The van der Waals surface area contributed by atoms with Crippen LogP contribution in [0.5, 0.6) is 0 Å². The van der Waals surface area contributed by atoms with Crippen LogP contribution in [0.1, 0.15) is 11.1 Å². The van der Waals surface area contributed by atoms with E-state index in [1.165, 1.54) is 36.4 Å². The Labute approximate surface area is 414 Å². The molecule has 0 unspecified atom stereocenters. The fraction of sp³-hybridized carbons (Fsp3) is 0. The van der Waals surface area contributed by atoms with Crippen molar-refractivity contribution in [3.63, 3.8) is 0 Å². The molecule has 0 aliphatic rings. The number of hydrogen-bond donors (Lipinski definition) is 8. The van der Waals surface area contributed by atoms with E-state index in [9.17, 15) is 25.9 Å². The van der Waals surface area contributed by atoms with Crippen LogP contribution in [0.3, 0.4) is 0 Å². The lowest BCUT2D eigenvalue weighted by atomic mass is 10.1. The lowest BCUT2D eigenvalue weighted by molar-refractivity contribution is 0.480. The molecule has 0 aliphatic carbocycles. The summed E-state index contributed by atoms with van der Waals surface area (Å²) in [6, 6.07) is 58.1. The standard InChI is InChI=1S/C54H42N10O6S2/c65-71(66,67)47-31-45(57-51-33-49(55-41-15-3-1-4-16-41)61-53(63-51)59-43-25-21-35-11-7-9-13-39(35)29-43)27-23-37(47)19-20-38-24-28-46(32-48(38)72(68,69)70)58-52-34-50(56-42-17-5-2-6-18-42)62-54(64-52)60-44-26-22-36-12-8-10-14-40(36)30-44/h1-34H,(H,65,66,67)(H,68,69,70)(H3,55,57,59,61,63)(H3,56,58,60,62,64)/b20-19+. The van der Waals surface area contributed by atoms with E-state index in [2.05, 4.69) is 51.8 Å². The van der Waals surface area contributed by atoms with E-state index in [1.807, 2.05) is 146 Å². The maximum absolute atomic E-state index is 12.9. The molecule has 0 saturated carbocycles. The summed E-state index contributed by atoms with van der Waals surface area (Å²) in [6.45, 7) is 0. The van der Waals surface area contributed by atoms with Gasteiger partial charge in [0.25, 0.3) is 20.2 Å². The fourth-order valence-electron chi connectivity index (χ4n) is 7.82. The number of anilines is 12. The minimum atomic E-state index is -4.85. The molecule has 72 heavy (non-hydrogen) atoms. The molecule has 0 amide bonds. The van der Waals surface area contributed by atoms with E-state index in [1.54, 1.807) is 24.3 Å². The quantitative estimate of drug-likeness (QED) is 0.0332. The van der Waals surface area contributed by atoms with Crippen molar-refractivity contribution >= 4 is 123 Å². The zero-order chi connectivity index (χ0) is 49.7. The summed E-state index contributed by atoms with van der Waals surface area (Å²) < 4.78 is 72.6. The number of nitrogens with zero attached hydrogens (tertiary/aromatic N) is 4. The average Bonchev–Trinajstić information content (AvgIpc) is 3.36. The van der Waals surface area contributed by atoms with Crippen molar-refractivity contribution in [2.24, 2.45) is 0 Å². The van der Waals surface area contributed by atoms with Crippen molar-refractivity contribution in [2.45, 2.75) is 9.79 Å². The molecule has 0 bridgehead atoms. The smallest absolute Gasteiger partial charge is 0.295 e. The first-order valence-corrected chi connectivity index (χ1v) is 25.1. The van der Waals surface area contributed by atoms with E-state index in [0.29, 0.717) is 11.6 Å². The molecule has 2 heterocycles. The van der Waals surface area contributed by atoms with Crippen molar-refractivity contribution in [3.05, 3.63) is 205 Å². The van der Waals surface area contributed by atoms with Gasteiger partial charge in [-0.25, -0.2) is 0 Å². The van der Waals surface area contributed by atoms with Crippen LogP contribution in [0.25, 0.3) is 33.7 Å². The van der Waals surface area contributed by atoms with E-state index >= 15 is 0 Å². The largest absolute Gasteiger partial charge is 0.340 e. The zero-order valence-electron chi connectivity index (χ0n) is 37.8. The van der Waals surface area contributed by atoms with Gasteiger partial charge in [-0.1, -0.05) is 121 Å². The number of para-hydroxylation sites is 2. The van der Waals surface area contributed by atoms with Crippen molar-refractivity contribution in [3.8, 4) is 0 Å². The average molecular weight is 991 g/mol. The lowest BCUT2D eigenvalue weighted by Crippen LogP contribution is -2.06. The molecule has 0 atom stereocenters. The number of rotatable bonds is 16. The molecule has 16 nitrogen and oxygen atoms in total. The van der Waals surface area contributed by atoms with E-state index in [0.717, 1.165) is 44.3 Å². The molecule has 10 rings (SSSR count). The van der Waals surface area contributed by atoms with Gasteiger partial charge in [0.1, 0.15) is 33.1 Å². The summed E-state index contributed by atoms with van der Waals surface area (Å²) in [5.74, 6) is 1.89. The lowest BCUT2D eigenvalue weighted by Gasteiger charge is -2.14. The third-order valence-electron chi connectivity index (χ3n) is 11.1. The number of nitrogens with one attached hydrogen (secondary N) is 6. The predicted octanol–water partition coefficient (Wildman–Crippen LogP) is 12.7. The molecule has 0 radical (unpaired) electrons. The van der Waals surface area contributed by atoms with Gasteiger partial charge in [0.2, 0.25) is 11.9 Å². The Kier molecular flexibility index (Phi) is 12.9. The second-order valence-corrected chi connectivity index (χ2v) is 19.1. The third kappa shape index (κ3) is 11.5. The summed E-state index contributed by atoms with van der Waals surface area (Å²) >= 11 is 0. The van der Waals surface area contributed by atoms with Crippen molar-refractivity contribution in [2.75, 3.05) is 31.9 Å². The molecule has 10 aromatic rings. The maximum atomic E-state index is 12.9. The molecule has 0 saturated heterocycles. The highest BCUT2D eigenvalue weighted by Gasteiger charge is 2.19. The van der Waals surface area contributed by atoms with Gasteiger partial charge in [0, 0.05) is 46.3 Å². The van der Waals surface area contributed by atoms with Crippen LogP contribution in [-0.4, -0.2) is 45.9 Å². The minimum absolute atomic E-state index is 0.0187. The van der Waals surface area contributed by atoms with E-state index < -0.39 is 30.0 Å². The second kappa shape index (κ2) is 20.0. The van der Waals surface area contributed by atoms with Gasteiger partial charge in [-0.15, -0.1) is 0 Å². The number of hydrogen-bond acceptors (Lipinski definition) is 14. The van der Waals surface area contributed by atoms with Crippen LogP contribution in [0.15, 0.2) is 204 Å². The molecule has 18 heteroatoms. The van der Waals surface area contributed by atoms with Gasteiger partial charge < -0.3 is 31.9 Å². The highest BCUT2D eigenvalue weighted by molar-refractivity contribution is 7.86. The SMILES string of the molecule is O=S(=O)(O)c1cc(Nc2cc(Nc3ccccc3)nc(Nc3ccc4ccccc4c3)n2)ccc1/C=C/c1ccc(Nc2cc(Nc3ccccc3)nc(Nc3ccc4ccccc4c3)n2)cc1S(=O)(=O)O. The fourth-order valence-corrected chi connectivity index (χ4v) is 9.23. The molecule has 2 aromatic heterocycles. The molecule has 356 valence electrons. The van der Waals surface area contributed by atoms with Crippen LogP contribution < -0.4 is 31.9 Å². The van der Waals surface area contributed by atoms with Gasteiger partial charge in [0.05, 0.1) is 0 Å². The van der Waals surface area contributed by atoms with Gasteiger partial charge >= 0.3 is 0 Å². The number of aromatic nitrogens is 4. The van der Waals surface area contributed by atoms with Crippen LogP contribution >= 0.6 is 0 Å². The highest BCUT2D eigenvalue weighted by atomic mass is 32.2. The first-order chi connectivity index (χ1) is 34.8. The highest BCUT2D eigenvalue weighted by Crippen LogP contribution is 2.32. The monoisotopic (exact) mass is 990 g/mol. The summed E-state index contributed by atoms with van der Waals surface area (Å²) in [4.78, 5) is 17.7. The zero-order valence-corrected chi connectivity index (χ0v) is 39.4. The molecular formula is C54H42N10O6S2. The molecule has 8 N–H and O–H groups in total. The Morgan fingerprint density at radius 3 is 1.01 bits per heavy atom. The summed E-state index contributed by atoms with van der Waals surface area (Å²) in [7, 11) is -9.71. The molecule has 0 spiro atoms. The minimum Gasteiger partial charge on any atom is -0.340 e. The van der Waals surface area contributed by atoms with Crippen molar-refractivity contribution in [1.29, 1.82) is 0 Å². The van der Waals surface area contributed by atoms with Gasteiger partial charge in [0.15, 0.2) is 0 Å². The van der Waals surface area contributed by atoms with Crippen LogP contribution in [0.4, 0.5) is 69.3 Å². The first kappa shape index (κ1) is 46.5. The maximum Gasteiger partial charge on any atom is 0.295 e. The predicted molar refractivity (Wildman–Crippen MR) is 286 cm³/mol. The molecule has 0 aliphatic heterocycles. The summed E-state index contributed by atoms with van der Waals surface area (Å²) in [5, 5.41) is 23.5. The topological polar surface area (TPSA) is 232 Å². The molecule has 0 fully saturated rings. The number of fused-ring (bicyclic) bond motifs is 2. The Balaban J connectivity index is 0.923. The van der Waals surface area contributed by atoms with Gasteiger partial charge in [-0.3, -0.25) is 9.11 Å². The number of benzene rings is 8. The van der Waals surface area contributed by atoms with Crippen LogP contribution in [0.2, 0.25) is 0 Å². The van der Waals surface area contributed by atoms with E-state index in [-0.39, 0.29) is 46.0 Å². The van der Waals surface area contributed by atoms with Crippen molar-refractivity contribution < 1.29 is 25.9 Å². The molecular weight excluding hydrogens is 949 g/mol. The van der Waals surface area contributed by atoms with Crippen LogP contribution in [-0.2, 0) is 20.2 Å². The summed E-state index contributed by atoms with van der Waals surface area (Å²) in [5.41, 5.74) is 3.54. The Morgan fingerprint density at radius 1 is 0.319 bits per heavy atom. The van der Waals surface area contributed by atoms with Gasteiger partial charge in [-0.2, -0.15) is 36.8 Å². The Morgan fingerprint density at radius 2 is 0.639 bits per heavy atom. The summed E-state index contributed by atoms with van der Waals surface area (Å²) in [6.07, 6.45) is 2.64. The van der Waals surface area contributed by atoms with Gasteiger partial charge in [-0.05, 0) is 105 Å².